The smallest absolute Gasteiger partial charge is 0.411 e. The van der Waals surface area contributed by atoms with Crippen LogP contribution in [0.15, 0.2) is 108 Å². The SMILES string of the molecule is CC(C)(C)[Si](C)(C)O[C@@H](CNCCc1ccc(OCCN2C[C@H]3C[C@H](OC(=O)Nc4ccccc4-c4ccccc4)C[C@H]3C2)cc1)c1ccc(O)c2[nH]c(=O)ccc12. The van der Waals surface area contributed by atoms with Crippen LogP contribution in [0.3, 0.4) is 0 Å². The van der Waals surface area contributed by atoms with Gasteiger partial charge in [-0.25, -0.2) is 4.79 Å². The number of para-hydroxylation sites is 1. The third kappa shape index (κ3) is 10.0. The van der Waals surface area contributed by atoms with E-state index in [1.165, 1.54) is 11.6 Å². The van der Waals surface area contributed by atoms with Crippen LogP contribution in [0, 0.1) is 11.8 Å². The Labute approximate surface area is 343 Å². The second kappa shape index (κ2) is 17.9. The number of phenolic OH excluding ortho intramolecular Hbond substituents is 1. The Morgan fingerprint density at radius 3 is 2.34 bits per heavy atom. The molecule has 1 saturated heterocycles. The molecule has 11 heteroatoms. The summed E-state index contributed by atoms with van der Waals surface area (Å²) in [7, 11) is -2.16. The van der Waals surface area contributed by atoms with Gasteiger partial charge in [-0.3, -0.25) is 15.0 Å². The molecule has 10 nitrogen and oxygen atoms in total. The fraction of sp³-hybridized carbons (Fsp3) is 0.404. The highest BCUT2D eigenvalue weighted by molar-refractivity contribution is 6.74. The number of benzene rings is 4. The van der Waals surface area contributed by atoms with Crippen molar-refractivity contribution in [2.75, 3.05) is 44.6 Å². The van der Waals surface area contributed by atoms with Crippen molar-refractivity contribution in [3.8, 4) is 22.6 Å². The maximum Gasteiger partial charge on any atom is 0.411 e. The Balaban J connectivity index is 0.834. The molecule has 0 spiro atoms. The number of carbonyl (C=O) groups is 1. The number of phenols is 1. The number of fused-ring (bicyclic) bond motifs is 2. The lowest BCUT2D eigenvalue weighted by Crippen LogP contribution is -2.43. The number of aromatic amines is 1. The molecule has 2 fully saturated rings. The Kier molecular flexibility index (Phi) is 12.7. The standard InChI is InChI=1S/C47H58N4O6Si/c1-47(2,3)58(4,5)57-43(39-19-21-42(52)45-40(39)20-22-44(53)50-45)29-48-24-23-32-15-17-36(18-16-32)55-26-25-51-30-34-27-37(28-35(34)31-51)56-46(54)49-41-14-10-9-13-38(41)33-11-7-6-8-12-33/h6-22,34-35,37,43,48,52H,23-31H2,1-5H3,(H,49,54)(H,50,53)/t34-,35+,37+,43-/m0/s1. The van der Waals surface area contributed by atoms with Gasteiger partial charge >= 0.3 is 6.09 Å². The number of hydrogen-bond acceptors (Lipinski definition) is 8. The highest BCUT2D eigenvalue weighted by Gasteiger charge is 2.42. The van der Waals surface area contributed by atoms with Crippen molar-refractivity contribution in [3.63, 3.8) is 0 Å². The van der Waals surface area contributed by atoms with E-state index < -0.39 is 8.32 Å². The number of anilines is 1. The molecule has 2 aliphatic rings. The monoisotopic (exact) mass is 802 g/mol. The summed E-state index contributed by atoms with van der Waals surface area (Å²) in [5, 5.41) is 17.9. The van der Waals surface area contributed by atoms with E-state index in [9.17, 15) is 14.7 Å². The number of ether oxygens (including phenoxy) is 2. The predicted molar refractivity (Wildman–Crippen MR) is 234 cm³/mol. The molecule has 4 atom stereocenters. The highest BCUT2D eigenvalue weighted by Crippen LogP contribution is 2.42. The average Bonchev–Trinajstić information content (AvgIpc) is 3.75. The summed E-state index contributed by atoms with van der Waals surface area (Å²) in [4.78, 5) is 30.2. The van der Waals surface area contributed by atoms with Crippen molar-refractivity contribution in [3.05, 3.63) is 125 Å². The van der Waals surface area contributed by atoms with Gasteiger partial charge in [0, 0.05) is 43.2 Å². The first-order valence-corrected chi connectivity index (χ1v) is 23.5. The second-order valence-corrected chi connectivity index (χ2v) is 22.2. The van der Waals surface area contributed by atoms with E-state index in [0.717, 1.165) is 79.0 Å². The number of carbonyl (C=O) groups excluding carboxylic acids is 1. The lowest BCUT2D eigenvalue weighted by atomic mass is 10.0. The molecule has 1 aliphatic heterocycles. The maximum atomic E-state index is 12.9. The summed E-state index contributed by atoms with van der Waals surface area (Å²) in [6, 6.07) is 33.0. The average molecular weight is 803 g/mol. The molecule has 7 rings (SSSR count). The van der Waals surface area contributed by atoms with Gasteiger partial charge in [-0.2, -0.15) is 0 Å². The van der Waals surface area contributed by atoms with Crippen LogP contribution >= 0.6 is 0 Å². The largest absolute Gasteiger partial charge is 0.506 e. The molecule has 0 radical (unpaired) electrons. The van der Waals surface area contributed by atoms with E-state index in [-0.39, 0.29) is 34.6 Å². The molecule has 4 aromatic carbocycles. The van der Waals surface area contributed by atoms with Crippen molar-refractivity contribution in [1.82, 2.24) is 15.2 Å². The Morgan fingerprint density at radius 2 is 1.62 bits per heavy atom. The number of rotatable bonds is 15. The maximum absolute atomic E-state index is 12.9. The van der Waals surface area contributed by atoms with Gasteiger partial charge in [0.2, 0.25) is 5.56 Å². The number of likely N-dealkylation sites (tertiary alicyclic amines) is 1. The number of nitrogens with zero attached hydrogens (tertiary/aromatic N) is 1. The van der Waals surface area contributed by atoms with Crippen molar-refractivity contribution < 1.29 is 23.8 Å². The van der Waals surface area contributed by atoms with Gasteiger partial charge in [-0.05, 0) is 103 Å². The fourth-order valence-electron chi connectivity index (χ4n) is 8.17. The van der Waals surface area contributed by atoms with Crippen LogP contribution in [0.5, 0.6) is 11.5 Å². The van der Waals surface area contributed by atoms with E-state index >= 15 is 0 Å². The molecule has 1 amide bonds. The molecule has 306 valence electrons. The molecule has 2 heterocycles. The van der Waals surface area contributed by atoms with Crippen LogP contribution in [0.2, 0.25) is 18.1 Å². The first-order valence-electron chi connectivity index (χ1n) is 20.6. The molecule has 4 N–H and O–H groups in total. The number of aromatic hydroxyl groups is 1. The molecule has 5 aromatic rings. The topological polar surface area (TPSA) is 125 Å². The number of hydrogen-bond donors (Lipinski definition) is 4. The summed E-state index contributed by atoms with van der Waals surface area (Å²) in [6.07, 6.45) is 1.94. The lowest BCUT2D eigenvalue weighted by Gasteiger charge is -2.39. The third-order valence-corrected chi connectivity index (χ3v) is 16.8. The van der Waals surface area contributed by atoms with Crippen LogP contribution in [0.1, 0.15) is 50.8 Å². The molecule has 1 saturated carbocycles. The zero-order chi connectivity index (χ0) is 40.9. The van der Waals surface area contributed by atoms with Crippen molar-refractivity contribution in [1.29, 1.82) is 0 Å². The van der Waals surface area contributed by atoms with Crippen LogP contribution < -0.4 is 20.9 Å². The molecule has 0 bridgehead atoms. The van der Waals surface area contributed by atoms with Gasteiger partial charge in [-0.1, -0.05) is 87.5 Å². The Morgan fingerprint density at radius 1 is 0.914 bits per heavy atom. The minimum Gasteiger partial charge on any atom is -0.506 e. The van der Waals surface area contributed by atoms with Crippen LogP contribution in [0.4, 0.5) is 10.5 Å². The normalized spacial score (nSPS) is 18.9. The molecule has 0 unspecified atom stereocenters. The van der Waals surface area contributed by atoms with Gasteiger partial charge in [0.25, 0.3) is 0 Å². The van der Waals surface area contributed by atoms with E-state index in [2.05, 4.69) is 66.5 Å². The number of amides is 1. The molecule has 1 aromatic heterocycles. The Hall–Kier alpha value is -4.94. The zero-order valence-electron chi connectivity index (χ0n) is 34.4. The van der Waals surface area contributed by atoms with E-state index in [1.54, 1.807) is 12.1 Å². The molecular weight excluding hydrogens is 745 g/mol. The van der Waals surface area contributed by atoms with Crippen molar-refractivity contribution in [2.45, 2.75) is 70.4 Å². The van der Waals surface area contributed by atoms with Crippen molar-refractivity contribution in [2.24, 2.45) is 11.8 Å². The number of H-pyrrole nitrogens is 1. The summed E-state index contributed by atoms with van der Waals surface area (Å²) < 4.78 is 19.0. The van der Waals surface area contributed by atoms with Gasteiger partial charge in [0.1, 0.15) is 24.2 Å². The summed E-state index contributed by atoms with van der Waals surface area (Å²) in [5.74, 6) is 1.97. The van der Waals surface area contributed by atoms with E-state index in [4.69, 9.17) is 13.9 Å². The van der Waals surface area contributed by atoms with Crippen molar-refractivity contribution >= 4 is 31.0 Å². The first kappa shape index (κ1) is 41.2. The first-order chi connectivity index (χ1) is 27.8. The van der Waals surface area contributed by atoms with Crippen LogP contribution in [-0.2, 0) is 15.6 Å². The van der Waals surface area contributed by atoms with Gasteiger partial charge in [0.15, 0.2) is 8.32 Å². The van der Waals surface area contributed by atoms with Crippen LogP contribution in [-0.4, -0.2) is 74.8 Å². The number of nitrogens with one attached hydrogen (secondary N) is 3. The molecule has 58 heavy (non-hydrogen) atoms. The summed E-state index contributed by atoms with van der Waals surface area (Å²) >= 11 is 0. The van der Waals surface area contributed by atoms with Gasteiger partial charge in [-0.15, -0.1) is 0 Å². The predicted octanol–water partition coefficient (Wildman–Crippen LogP) is 9.13. The lowest BCUT2D eigenvalue weighted by molar-refractivity contribution is 0.105. The highest BCUT2D eigenvalue weighted by atomic mass is 28.4. The van der Waals surface area contributed by atoms with E-state index in [1.807, 2.05) is 72.8 Å². The summed E-state index contributed by atoms with van der Waals surface area (Å²) in [6.45, 7) is 16.0. The number of pyridine rings is 1. The zero-order valence-corrected chi connectivity index (χ0v) is 35.4. The minimum atomic E-state index is -2.16. The molecule has 1 aliphatic carbocycles. The minimum absolute atomic E-state index is 0.0151. The van der Waals surface area contributed by atoms with Crippen LogP contribution in [0.25, 0.3) is 22.0 Å². The third-order valence-electron chi connectivity index (χ3n) is 12.3. The quantitative estimate of drug-likeness (QED) is 0.0611. The van der Waals surface area contributed by atoms with Gasteiger partial charge in [0.05, 0.1) is 17.3 Å². The molecular formula is C47H58N4O6Si. The number of aromatic nitrogens is 1. The fourth-order valence-corrected chi connectivity index (χ4v) is 9.45. The summed E-state index contributed by atoms with van der Waals surface area (Å²) in [5.41, 5.74) is 5.12. The van der Waals surface area contributed by atoms with E-state index in [0.29, 0.717) is 30.5 Å². The second-order valence-electron chi connectivity index (χ2n) is 17.4. The Bertz CT molecular complexity index is 2210. The van der Waals surface area contributed by atoms with Gasteiger partial charge < -0.3 is 29.3 Å².